The number of amides is 1. The van der Waals surface area contributed by atoms with E-state index in [1.165, 1.54) is 6.08 Å². The van der Waals surface area contributed by atoms with Gasteiger partial charge in [0.15, 0.2) is 0 Å². The second kappa shape index (κ2) is 9.08. The molecular weight excluding hydrogens is 448 g/mol. The van der Waals surface area contributed by atoms with Crippen molar-refractivity contribution in [1.29, 1.82) is 5.26 Å². The van der Waals surface area contributed by atoms with Crippen LogP contribution in [0.3, 0.4) is 0 Å². The van der Waals surface area contributed by atoms with E-state index >= 15 is 0 Å². The van der Waals surface area contributed by atoms with E-state index in [1.807, 2.05) is 12.1 Å². The molecule has 0 fully saturated rings. The molecule has 0 aliphatic carbocycles. The van der Waals surface area contributed by atoms with E-state index in [0.717, 1.165) is 4.47 Å². The van der Waals surface area contributed by atoms with Gasteiger partial charge in [0.25, 0.3) is 5.91 Å². The van der Waals surface area contributed by atoms with Gasteiger partial charge in [0.2, 0.25) is 0 Å². The largest absolute Gasteiger partial charge is 0.480 e. The van der Waals surface area contributed by atoms with Crippen LogP contribution in [0.1, 0.15) is 5.56 Å². The van der Waals surface area contributed by atoms with E-state index in [1.54, 1.807) is 36.4 Å². The van der Waals surface area contributed by atoms with Crippen molar-refractivity contribution in [2.45, 2.75) is 0 Å². The zero-order valence-corrected chi connectivity index (χ0v) is 16.1. The maximum absolute atomic E-state index is 12.3. The van der Waals surface area contributed by atoms with Crippen LogP contribution < -0.4 is 10.1 Å². The number of carbonyl (C=O) groups excluding carboxylic acids is 1. The molecule has 0 saturated carbocycles. The molecule has 0 aliphatic rings. The molecule has 0 aromatic heterocycles. The molecule has 0 aliphatic heterocycles. The van der Waals surface area contributed by atoms with Gasteiger partial charge < -0.3 is 10.1 Å². The summed E-state index contributed by atoms with van der Waals surface area (Å²) in [5, 5.41) is 12.0. The summed E-state index contributed by atoms with van der Waals surface area (Å²) in [5.41, 5.74) is 1.27. The molecule has 0 saturated heterocycles. The van der Waals surface area contributed by atoms with Crippen LogP contribution in [-0.2, 0) is 4.79 Å². The van der Waals surface area contributed by atoms with Gasteiger partial charge in [-0.05, 0) is 57.9 Å². The lowest BCUT2D eigenvalue weighted by atomic mass is 10.1. The van der Waals surface area contributed by atoms with Gasteiger partial charge in [0.1, 0.15) is 24.0 Å². The highest BCUT2D eigenvalue weighted by molar-refractivity contribution is 9.10. The van der Waals surface area contributed by atoms with Crippen LogP contribution >= 0.6 is 31.9 Å². The molecular formula is C19H12Br2N2O2. The van der Waals surface area contributed by atoms with Gasteiger partial charge in [-0.3, -0.25) is 4.79 Å². The van der Waals surface area contributed by atoms with Crippen molar-refractivity contribution >= 4 is 49.5 Å². The zero-order chi connectivity index (χ0) is 18.2. The van der Waals surface area contributed by atoms with Crippen molar-refractivity contribution in [3.63, 3.8) is 0 Å². The van der Waals surface area contributed by atoms with Gasteiger partial charge in [-0.2, -0.15) is 5.26 Å². The molecule has 0 bridgehead atoms. The van der Waals surface area contributed by atoms with E-state index in [2.05, 4.69) is 43.1 Å². The first-order valence-electron chi connectivity index (χ1n) is 7.08. The fraction of sp³-hybridized carbons (Fsp3) is 0.0526. The highest BCUT2D eigenvalue weighted by Crippen LogP contribution is 2.27. The molecule has 0 spiro atoms. The molecule has 2 aromatic carbocycles. The van der Waals surface area contributed by atoms with E-state index in [4.69, 9.17) is 11.2 Å². The number of hydrogen-bond donors (Lipinski definition) is 1. The van der Waals surface area contributed by atoms with Crippen LogP contribution in [-0.4, -0.2) is 12.5 Å². The van der Waals surface area contributed by atoms with E-state index in [-0.39, 0.29) is 12.2 Å². The number of carbonyl (C=O) groups is 1. The second-order valence-corrected chi connectivity index (χ2v) is 6.59. The topological polar surface area (TPSA) is 62.1 Å². The fourth-order valence-corrected chi connectivity index (χ4v) is 2.83. The minimum atomic E-state index is -0.482. The Labute approximate surface area is 162 Å². The number of nitrogens with zero attached hydrogens (tertiary/aromatic N) is 1. The third kappa shape index (κ3) is 5.49. The number of hydrogen-bond acceptors (Lipinski definition) is 3. The number of halogens is 2. The zero-order valence-electron chi connectivity index (χ0n) is 12.9. The first-order valence-corrected chi connectivity index (χ1v) is 8.66. The number of benzene rings is 2. The van der Waals surface area contributed by atoms with Crippen LogP contribution in [0.15, 0.2) is 57.0 Å². The Kier molecular flexibility index (Phi) is 6.82. The van der Waals surface area contributed by atoms with Gasteiger partial charge in [-0.1, -0.05) is 34.0 Å². The normalized spacial score (nSPS) is 10.5. The lowest BCUT2D eigenvalue weighted by molar-refractivity contribution is -0.112. The molecule has 1 N–H and O–H groups in total. The summed E-state index contributed by atoms with van der Waals surface area (Å²) in [5.74, 6) is 2.50. The Balaban J connectivity index is 2.19. The van der Waals surface area contributed by atoms with Gasteiger partial charge >= 0.3 is 0 Å². The SMILES string of the molecule is C#CCOc1ccc(/C=C(/C#N)C(=O)Nc2cccc(Br)c2)cc1Br. The minimum absolute atomic E-state index is 0.0100. The molecule has 25 heavy (non-hydrogen) atoms. The van der Waals surface area contributed by atoms with Crippen molar-refractivity contribution in [1.82, 2.24) is 0 Å². The molecule has 4 nitrogen and oxygen atoms in total. The maximum Gasteiger partial charge on any atom is 0.266 e. The smallest absolute Gasteiger partial charge is 0.266 e. The molecule has 124 valence electrons. The highest BCUT2D eigenvalue weighted by Gasteiger charge is 2.10. The summed E-state index contributed by atoms with van der Waals surface area (Å²) < 4.78 is 6.87. The lowest BCUT2D eigenvalue weighted by Gasteiger charge is -2.07. The molecule has 2 rings (SSSR count). The Morgan fingerprint density at radius 2 is 2.08 bits per heavy atom. The molecule has 0 atom stereocenters. The minimum Gasteiger partial charge on any atom is -0.480 e. The monoisotopic (exact) mass is 458 g/mol. The van der Waals surface area contributed by atoms with Gasteiger partial charge in [-0.25, -0.2) is 0 Å². The van der Waals surface area contributed by atoms with E-state index in [9.17, 15) is 10.1 Å². The first-order chi connectivity index (χ1) is 12.0. The van der Waals surface area contributed by atoms with Crippen molar-refractivity contribution in [2.24, 2.45) is 0 Å². The number of ether oxygens (including phenoxy) is 1. The molecule has 0 heterocycles. The van der Waals surface area contributed by atoms with E-state index in [0.29, 0.717) is 21.5 Å². The number of rotatable bonds is 5. The Bertz CT molecular complexity index is 908. The van der Waals surface area contributed by atoms with Crippen LogP contribution in [0.25, 0.3) is 6.08 Å². The second-order valence-electron chi connectivity index (χ2n) is 4.82. The molecule has 1 amide bonds. The maximum atomic E-state index is 12.3. The third-order valence-electron chi connectivity index (χ3n) is 3.03. The highest BCUT2D eigenvalue weighted by atomic mass is 79.9. The number of anilines is 1. The van der Waals surface area contributed by atoms with Crippen molar-refractivity contribution < 1.29 is 9.53 Å². The summed E-state index contributed by atoms with van der Waals surface area (Å²) in [7, 11) is 0. The first kappa shape index (κ1) is 18.8. The van der Waals surface area contributed by atoms with Gasteiger partial charge in [0.05, 0.1) is 4.47 Å². The quantitative estimate of drug-likeness (QED) is 0.398. The Hall–Kier alpha value is -2.54. The predicted molar refractivity (Wildman–Crippen MR) is 105 cm³/mol. The Morgan fingerprint density at radius 3 is 2.72 bits per heavy atom. The summed E-state index contributed by atoms with van der Waals surface area (Å²) >= 11 is 6.71. The predicted octanol–water partition coefficient (Wildman–Crippen LogP) is 4.77. The summed E-state index contributed by atoms with van der Waals surface area (Å²) in [6.07, 6.45) is 6.67. The number of terminal acetylenes is 1. The summed E-state index contributed by atoms with van der Waals surface area (Å²) in [4.78, 5) is 12.3. The van der Waals surface area contributed by atoms with E-state index < -0.39 is 5.91 Å². The van der Waals surface area contributed by atoms with Crippen molar-refractivity contribution in [3.8, 4) is 24.2 Å². The molecule has 0 radical (unpaired) electrons. The molecule has 6 heteroatoms. The van der Waals surface area contributed by atoms with Gasteiger partial charge in [0, 0.05) is 10.2 Å². The van der Waals surface area contributed by atoms with Crippen LogP contribution in [0.4, 0.5) is 5.69 Å². The Morgan fingerprint density at radius 1 is 1.28 bits per heavy atom. The standard InChI is InChI=1S/C19H12Br2N2O2/c1-2-8-25-18-7-6-13(10-17(18)21)9-14(12-22)19(24)23-16-5-3-4-15(20)11-16/h1,3-7,9-11H,8H2,(H,23,24)/b14-9-. The van der Waals surface area contributed by atoms with Crippen molar-refractivity contribution in [3.05, 3.63) is 62.5 Å². The van der Waals surface area contributed by atoms with Crippen molar-refractivity contribution in [2.75, 3.05) is 11.9 Å². The van der Waals surface area contributed by atoms with Gasteiger partial charge in [-0.15, -0.1) is 6.42 Å². The van der Waals surface area contributed by atoms with Crippen LogP contribution in [0.2, 0.25) is 0 Å². The fourth-order valence-electron chi connectivity index (χ4n) is 1.92. The lowest BCUT2D eigenvalue weighted by Crippen LogP contribution is -2.13. The third-order valence-corrected chi connectivity index (χ3v) is 4.14. The molecule has 2 aromatic rings. The molecule has 0 unspecified atom stereocenters. The summed E-state index contributed by atoms with van der Waals surface area (Å²) in [6, 6.07) is 14.2. The van der Waals surface area contributed by atoms with Crippen LogP contribution in [0.5, 0.6) is 5.75 Å². The number of nitrogens with one attached hydrogen (secondary N) is 1. The van der Waals surface area contributed by atoms with Crippen LogP contribution in [0, 0.1) is 23.7 Å². The number of nitriles is 1. The average molecular weight is 460 g/mol. The average Bonchev–Trinajstić information content (AvgIpc) is 2.58. The summed E-state index contributed by atoms with van der Waals surface area (Å²) in [6.45, 7) is 0.159.